The summed E-state index contributed by atoms with van der Waals surface area (Å²) in [7, 11) is 0. The lowest BCUT2D eigenvalue weighted by Gasteiger charge is -2.26. The van der Waals surface area contributed by atoms with Crippen LogP contribution in [0.1, 0.15) is 10.4 Å². The second kappa shape index (κ2) is 8.57. The molecule has 0 bridgehead atoms. The van der Waals surface area contributed by atoms with Crippen molar-refractivity contribution in [2.45, 2.75) is 0 Å². The maximum Gasteiger partial charge on any atom is 0.254 e. The number of morpholine rings is 1. The van der Waals surface area contributed by atoms with Gasteiger partial charge in [0.2, 0.25) is 0 Å². The summed E-state index contributed by atoms with van der Waals surface area (Å²) >= 11 is 0. The summed E-state index contributed by atoms with van der Waals surface area (Å²) in [6.07, 6.45) is 7.56. The van der Waals surface area contributed by atoms with Crippen molar-refractivity contribution in [1.29, 1.82) is 0 Å². The zero-order chi connectivity index (χ0) is 22.9. The molecule has 1 N–H and O–H groups in total. The van der Waals surface area contributed by atoms with Crippen LogP contribution in [0, 0.1) is 0 Å². The summed E-state index contributed by atoms with van der Waals surface area (Å²) in [6.45, 7) is 2.43. The van der Waals surface area contributed by atoms with Crippen LogP contribution in [-0.4, -0.2) is 61.7 Å². The third kappa shape index (κ3) is 3.64. The van der Waals surface area contributed by atoms with Gasteiger partial charge in [-0.25, -0.2) is 4.98 Å². The number of carbonyl (C=O) groups excluding carboxylic acids is 1. The number of imidazole rings is 1. The number of benzene rings is 1. The normalized spacial score (nSPS) is 13.9. The van der Waals surface area contributed by atoms with Gasteiger partial charge < -0.3 is 9.64 Å². The molecule has 1 aromatic carbocycles. The van der Waals surface area contributed by atoms with Crippen molar-refractivity contribution >= 4 is 11.6 Å². The van der Waals surface area contributed by atoms with Crippen LogP contribution >= 0.6 is 0 Å². The molecule has 6 rings (SSSR count). The topological polar surface area (TPSA) is 88.4 Å². The summed E-state index contributed by atoms with van der Waals surface area (Å²) in [6, 6.07) is 17.5. The highest BCUT2D eigenvalue weighted by atomic mass is 16.5. The smallest absolute Gasteiger partial charge is 0.254 e. The Kier molecular flexibility index (Phi) is 5.12. The van der Waals surface area contributed by atoms with Crippen molar-refractivity contribution in [1.82, 2.24) is 29.5 Å². The number of amides is 1. The number of nitrogens with one attached hydrogen (secondary N) is 1. The first-order valence-electron chi connectivity index (χ1n) is 11.2. The summed E-state index contributed by atoms with van der Waals surface area (Å²) in [5.74, 6) is 0.0321. The van der Waals surface area contributed by atoms with Gasteiger partial charge in [-0.15, -0.1) is 0 Å². The van der Waals surface area contributed by atoms with E-state index < -0.39 is 0 Å². The van der Waals surface area contributed by atoms with Gasteiger partial charge in [0.15, 0.2) is 0 Å². The fourth-order valence-corrected chi connectivity index (χ4v) is 4.29. The van der Waals surface area contributed by atoms with Crippen LogP contribution in [0.3, 0.4) is 0 Å². The first-order valence-corrected chi connectivity index (χ1v) is 11.2. The number of ether oxygens (including phenoxy) is 1. The molecule has 1 amide bonds. The van der Waals surface area contributed by atoms with Gasteiger partial charge in [-0.3, -0.25) is 19.3 Å². The molecule has 5 heterocycles. The van der Waals surface area contributed by atoms with Gasteiger partial charge in [-0.1, -0.05) is 18.2 Å². The molecule has 0 atom stereocenters. The number of fused-ring (bicyclic) bond motifs is 1. The molecule has 1 saturated heterocycles. The Hall–Kier alpha value is -4.30. The molecule has 168 valence electrons. The van der Waals surface area contributed by atoms with Crippen LogP contribution < -0.4 is 0 Å². The van der Waals surface area contributed by atoms with Gasteiger partial charge in [0.05, 0.1) is 36.5 Å². The number of pyridine rings is 2. The summed E-state index contributed by atoms with van der Waals surface area (Å²) < 4.78 is 7.39. The molecule has 8 heteroatoms. The lowest BCUT2D eigenvalue weighted by molar-refractivity contribution is 0.0303. The molecule has 0 spiro atoms. The molecule has 5 aromatic rings. The van der Waals surface area contributed by atoms with Crippen molar-refractivity contribution in [2.75, 3.05) is 26.3 Å². The Bertz CT molecular complexity index is 1450. The maximum atomic E-state index is 12.8. The van der Waals surface area contributed by atoms with E-state index in [1.165, 1.54) is 0 Å². The largest absolute Gasteiger partial charge is 0.378 e. The number of hydrogen-bond acceptors (Lipinski definition) is 5. The molecule has 0 unspecified atom stereocenters. The predicted molar refractivity (Wildman–Crippen MR) is 128 cm³/mol. The Morgan fingerprint density at radius 1 is 0.941 bits per heavy atom. The fraction of sp³-hybridized carbons (Fsp3) is 0.154. The second-order valence-electron chi connectivity index (χ2n) is 8.13. The average molecular weight is 451 g/mol. The number of carbonyl (C=O) groups is 1. The highest BCUT2D eigenvalue weighted by Gasteiger charge is 2.19. The summed E-state index contributed by atoms with van der Waals surface area (Å²) in [5, 5.41) is 7.50. The highest BCUT2D eigenvalue weighted by Crippen LogP contribution is 2.31. The second-order valence-corrected chi connectivity index (χ2v) is 8.13. The minimum Gasteiger partial charge on any atom is -0.378 e. The Morgan fingerprint density at radius 2 is 1.76 bits per heavy atom. The lowest BCUT2D eigenvalue weighted by Crippen LogP contribution is -2.40. The molecule has 34 heavy (non-hydrogen) atoms. The van der Waals surface area contributed by atoms with Crippen LogP contribution in [0.4, 0.5) is 0 Å². The number of nitrogens with zero attached hydrogens (tertiary/aromatic N) is 5. The van der Waals surface area contributed by atoms with E-state index in [9.17, 15) is 4.79 Å². The van der Waals surface area contributed by atoms with Gasteiger partial charge in [0, 0.05) is 53.9 Å². The summed E-state index contributed by atoms with van der Waals surface area (Å²) in [4.78, 5) is 23.6. The Labute approximate surface area is 195 Å². The van der Waals surface area contributed by atoms with E-state index in [1.807, 2.05) is 76.3 Å². The zero-order valence-corrected chi connectivity index (χ0v) is 18.4. The monoisotopic (exact) mass is 450 g/mol. The Balaban J connectivity index is 1.33. The van der Waals surface area contributed by atoms with E-state index in [2.05, 4.69) is 26.4 Å². The van der Waals surface area contributed by atoms with E-state index in [4.69, 9.17) is 4.74 Å². The SMILES string of the molecule is O=C(c1ccc(-c2n[nH]cc2-c2ccc3ncc(-c4ccccn4)n3c2)cc1)N1CCOCC1. The molecule has 1 aliphatic rings. The van der Waals surface area contributed by atoms with Crippen LogP contribution in [0.5, 0.6) is 0 Å². The predicted octanol–water partition coefficient (Wildman–Crippen LogP) is 3.93. The van der Waals surface area contributed by atoms with E-state index in [-0.39, 0.29) is 5.91 Å². The number of rotatable bonds is 4. The van der Waals surface area contributed by atoms with Crippen LogP contribution in [0.15, 0.2) is 79.4 Å². The first kappa shape index (κ1) is 20.3. The zero-order valence-electron chi connectivity index (χ0n) is 18.4. The number of aromatic nitrogens is 5. The molecule has 0 radical (unpaired) electrons. The standard InChI is InChI=1S/C26H22N6O2/c33-26(31-11-13-34-14-12-31)19-6-4-18(5-7-19)25-21(15-29-30-25)20-8-9-24-28-16-23(32(24)17-20)22-3-1-2-10-27-22/h1-10,15-17H,11-14H2,(H,29,30). The van der Waals surface area contributed by atoms with Crippen molar-refractivity contribution in [3.63, 3.8) is 0 Å². The molecule has 1 aliphatic heterocycles. The number of aromatic amines is 1. The van der Waals surface area contributed by atoms with Gasteiger partial charge in [0.1, 0.15) is 5.65 Å². The first-order chi connectivity index (χ1) is 16.8. The molecular weight excluding hydrogens is 428 g/mol. The maximum absolute atomic E-state index is 12.8. The van der Waals surface area contributed by atoms with E-state index in [0.29, 0.717) is 31.9 Å². The minimum absolute atomic E-state index is 0.0321. The van der Waals surface area contributed by atoms with Gasteiger partial charge >= 0.3 is 0 Å². The van der Waals surface area contributed by atoms with E-state index >= 15 is 0 Å². The quantitative estimate of drug-likeness (QED) is 0.448. The van der Waals surface area contributed by atoms with Gasteiger partial charge in [-0.05, 0) is 36.4 Å². The van der Waals surface area contributed by atoms with Crippen molar-refractivity contribution in [3.05, 3.63) is 84.9 Å². The average Bonchev–Trinajstić information content (AvgIpc) is 3.57. The molecular formula is C26H22N6O2. The molecule has 8 nitrogen and oxygen atoms in total. The molecule has 0 aliphatic carbocycles. The van der Waals surface area contributed by atoms with E-state index in [1.54, 1.807) is 6.20 Å². The lowest BCUT2D eigenvalue weighted by atomic mass is 10.0. The van der Waals surface area contributed by atoms with Crippen LogP contribution in [0.2, 0.25) is 0 Å². The number of H-pyrrole nitrogens is 1. The van der Waals surface area contributed by atoms with E-state index in [0.717, 1.165) is 39.4 Å². The van der Waals surface area contributed by atoms with Crippen molar-refractivity contribution < 1.29 is 9.53 Å². The van der Waals surface area contributed by atoms with Crippen LogP contribution in [0.25, 0.3) is 39.4 Å². The van der Waals surface area contributed by atoms with Gasteiger partial charge in [0.25, 0.3) is 5.91 Å². The third-order valence-corrected chi connectivity index (χ3v) is 6.09. The third-order valence-electron chi connectivity index (χ3n) is 6.09. The van der Waals surface area contributed by atoms with Crippen molar-refractivity contribution in [3.8, 4) is 33.8 Å². The van der Waals surface area contributed by atoms with Crippen LogP contribution in [-0.2, 0) is 4.74 Å². The minimum atomic E-state index is 0.0321. The fourth-order valence-electron chi connectivity index (χ4n) is 4.29. The van der Waals surface area contributed by atoms with Crippen molar-refractivity contribution in [2.24, 2.45) is 0 Å². The van der Waals surface area contributed by atoms with Gasteiger partial charge in [-0.2, -0.15) is 5.10 Å². The Morgan fingerprint density at radius 3 is 2.56 bits per heavy atom. The number of hydrogen-bond donors (Lipinski definition) is 1. The summed E-state index contributed by atoms with van der Waals surface area (Å²) in [5.41, 5.74) is 7.03. The molecule has 0 saturated carbocycles. The molecule has 4 aromatic heterocycles. The highest BCUT2D eigenvalue weighted by molar-refractivity contribution is 5.95. The molecule has 1 fully saturated rings.